The molecule has 0 saturated carbocycles. The average Bonchev–Trinajstić information content (AvgIpc) is 2.55. The molecule has 8 aromatic heterocycles. The molecule has 4 fully saturated rings. The molecule has 20 heteroatoms. The minimum Gasteiger partial charge on any atom is -0.381 e. The van der Waals surface area contributed by atoms with Gasteiger partial charge in [-0.2, -0.15) is 20.4 Å². The molecular formula is C67H63Cl3FN13O3. The standard InChI is InChI=1S/C17H17ClN4.C17H16ClN3O.C17H16FN3O.C16H14ClN3O/c18-13-3-1-12(2-4-13)17-15-11-20-10-7-16(15)22(21-17)14-5-8-19-9-6-14;2*18-13-3-1-12(2-4-13)17-15-11-19-8-5-16(15)21(20-17)14-6-9-22-10-7-14;17-12-3-1-11(2-4-12)16-14-9-18-7-5-15(14)20(19-16)13-6-8-21-10-13/h1-4,7,10-11,14,19H,5-6,8-9H2;2*1-5,8,11,14H,6-7,9-10H2;1-5,7,9,13H,6,8,10H2. The van der Waals surface area contributed by atoms with E-state index in [1.807, 2.05) is 134 Å². The fourth-order valence-corrected chi connectivity index (χ4v) is 12.3. The number of hydrogen-bond donors (Lipinski definition) is 1. The first-order valence-electron chi connectivity index (χ1n) is 29.6. The summed E-state index contributed by atoms with van der Waals surface area (Å²) >= 11 is 18.0. The first-order valence-corrected chi connectivity index (χ1v) is 30.7. The second-order valence-corrected chi connectivity index (χ2v) is 23.3. The molecule has 1 unspecified atom stereocenters. The summed E-state index contributed by atoms with van der Waals surface area (Å²) in [6, 6.07) is 39.4. The van der Waals surface area contributed by atoms with E-state index < -0.39 is 0 Å². The predicted octanol–water partition coefficient (Wildman–Crippen LogP) is 15.1. The molecular weight excluding hydrogens is 1160 g/mol. The molecule has 12 heterocycles. The van der Waals surface area contributed by atoms with Crippen LogP contribution in [0.15, 0.2) is 171 Å². The Hall–Kier alpha value is -8.00. The van der Waals surface area contributed by atoms with Crippen molar-refractivity contribution in [3.05, 3.63) is 192 Å². The zero-order chi connectivity index (χ0) is 59.1. The van der Waals surface area contributed by atoms with Crippen LogP contribution in [0.2, 0.25) is 15.1 Å². The van der Waals surface area contributed by atoms with E-state index in [2.05, 4.69) is 50.0 Å². The van der Waals surface area contributed by atoms with Gasteiger partial charge in [-0.3, -0.25) is 38.7 Å². The smallest absolute Gasteiger partial charge is 0.123 e. The monoisotopic (exact) mass is 1220 g/mol. The van der Waals surface area contributed by atoms with Crippen LogP contribution in [0.5, 0.6) is 0 Å². The van der Waals surface area contributed by atoms with Gasteiger partial charge in [0.15, 0.2) is 0 Å². The maximum atomic E-state index is 13.2. The Morgan fingerprint density at radius 1 is 0.356 bits per heavy atom. The molecule has 442 valence electrons. The number of piperidine rings is 1. The molecule has 4 saturated heterocycles. The molecule has 16 rings (SSSR count). The Balaban J connectivity index is 0.000000107. The van der Waals surface area contributed by atoms with Gasteiger partial charge < -0.3 is 19.5 Å². The van der Waals surface area contributed by atoms with E-state index in [4.69, 9.17) is 69.4 Å². The van der Waals surface area contributed by atoms with Crippen molar-refractivity contribution in [3.63, 3.8) is 0 Å². The van der Waals surface area contributed by atoms with Gasteiger partial charge in [0.2, 0.25) is 0 Å². The minimum absolute atomic E-state index is 0.241. The molecule has 87 heavy (non-hydrogen) atoms. The highest BCUT2D eigenvalue weighted by Gasteiger charge is 2.26. The van der Waals surface area contributed by atoms with E-state index in [0.717, 1.165) is 201 Å². The van der Waals surface area contributed by atoms with Crippen molar-refractivity contribution in [1.29, 1.82) is 0 Å². The zero-order valence-electron chi connectivity index (χ0n) is 47.7. The molecule has 0 radical (unpaired) electrons. The summed E-state index contributed by atoms with van der Waals surface area (Å²) in [7, 11) is 0. The molecule has 1 N–H and O–H groups in total. The van der Waals surface area contributed by atoms with Crippen molar-refractivity contribution in [2.24, 2.45) is 0 Å². The van der Waals surface area contributed by atoms with Gasteiger partial charge in [-0.25, -0.2) is 4.39 Å². The topological polar surface area (TPSA) is 163 Å². The number of hydrogen-bond acceptors (Lipinski definition) is 12. The van der Waals surface area contributed by atoms with E-state index in [1.165, 1.54) is 12.1 Å². The van der Waals surface area contributed by atoms with Crippen LogP contribution in [0, 0.1) is 5.82 Å². The normalized spacial score (nSPS) is 16.8. The summed E-state index contributed by atoms with van der Waals surface area (Å²) in [5, 5.41) is 29.3. The van der Waals surface area contributed by atoms with E-state index in [0.29, 0.717) is 24.2 Å². The number of nitrogens with one attached hydrogen (secondary N) is 1. The summed E-state index contributed by atoms with van der Waals surface area (Å²) in [6.45, 7) is 6.75. The number of nitrogens with zero attached hydrogens (tertiary/aromatic N) is 12. The van der Waals surface area contributed by atoms with Gasteiger partial charge in [-0.15, -0.1) is 0 Å². The van der Waals surface area contributed by atoms with E-state index in [-0.39, 0.29) is 5.82 Å². The largest absolute Gasteiger partial charge is 0.381 e. The van der Waals surface area contributed by atoms with Crippen molar-refractivity contribution in [3.8, 4) is 45.0 Å². The van der Waals surface area contributed by atoms with Crippen molar-refractivity contribution in [2.45, 2.75) is 69.1 Å². The highest BCUT2D eigenvalue weighted by molar-refractivity contribution is 6.31. The molecule has 4 aliphatic rings. The third-order valence-electron chi connectivity index (χ3n) is 16.5. The summed E-state index contributed by atoms with van der Waals surface area (Å²) in [5.41, 5.74) is 12.3. The van der Waals surface area contributed by atoms with Gasteiger partial charge >= 0.3 is 0 Å². The van der Waals surface area contributed by atoms with Crippen molar-refractivity contribution >= 4 is 78.4 Å². The quantitative estimate of drug-likeness (QED) is 0.153. The lowest BCUT2D eigenvalue weighted by Crippen LogP contribution is -2.29. The summed E-state index contributed by atoms with van der Waals surface area (Å²) < 4.78 is 38.1. The van der Waals surface area contributed by atoms with Gasteiger partial charge in [-0.1, -0.05) is 71.2 Å². The molecule has 1 atom stereocenters. The maximum Gasteiger partial charge on any atom is 0.123 e. The maximum absolute atomic E-state index is 13.2. The summed E-state index contributed by atoms with van der Waals surface area (Å²) in [6.07, 6.45) is 21.9. The van der Waals surface area contributed by atoms with Crippen LogP contribution >= 0.6 is 34.8 Å². The lowest BCUT2D eigenvalue weighted by Gasteiger charge is -2.23. The number of halogens is 4. The van der Waals surface area contributed by atoms with E-state index >= 15 is 0 Å². The minimum atomic E-state index is -0.241. The Morgan fingerprint density at radius 2 is 0.644 bits per heavy atom. The number of ether oxygens (including phenoxy) is 3. The van der Waals surface area contributed by atoms with Gasteiger partial charge in [0.25, 0.3) is 0 Å². The Morgan fingerprint density at radius 3 is 0.966 bits per heavy atom. The lowest BCUT2D eigenvalue weighted by atomic mass is 10.1. The molecule has 16 nitrogen and oxygen atoms in total. The fourth-order valence-electron chi connectivity index (χ4n) is 12.0. The van der Waals surface area contributed by atoms with Gasteiger partial charge in [0, 0.05) is 141 Å². The van der Waals surface area contributed by atoms with Gasteiger partial charge in [0.1, 0.15) is 28.6 Å². The Labute approximate surface area is 517 Å². The van der Waals surface area contributed by atoms with Gasteiger partial charge in [-0.05, 0) is 143 Å². The lowest BCUT2D eigenvalue weighted by molar-refractivity contribution is 0.0674. The molecule has 12 aromatic rings. The number of fused-ring (bicyclic) bond motifs is 4. The highest BCUT2D eigenvalue weighted by atomic mass is 35.5. The zero-order valence-corrected chi connectivity index (χ0v) is 50.0. The first-order chi connectivity index (χ1) is 42.8. The number of pyridine rings is 4. The van der Waals surface area contributed by atoms with Crippen LogP contribution in [0.1, 0.15) is 69.1 Å². The third-order valence-corrected chi connectivity index (χ3v) is 17.2. The highest BCUT2D eigenvalue weighted by Crippen LogP contribution is 2.37. The van der Waals surface area contributed by atoms with Crippen molar-refractivity contribution < 1.29 is 18.6 Å². The second kappa shape index (κ2) is 26.9. The van der Waals surface area contributed by atoms with Crippen LogP contribution in [0.25, 0.3) is 88.6 Å². The number of aromatic nitrogens is 12. The average molecular weight is 1220 g/mol. The SMILES string of the molecule is Clc1ccc(-c2nn(C3CCNCC3)c3ccncc23)cc1.Clc1ccc(-c2nn(C3CCOC3)c3ccncc23)cc1.Clc1ccc(-c2nn(C3CCOCC3)c3ccncc23)cc1.Fc1ccc(-c2nn(C3CCOCC3)c3ccncc23)cc1. The van der Waals surface area contributed by atoms with Gasteiger partial charge in [0.05, 0.1) is 52.8 Å². The third kappa shape index (κ3) is 12.9. The van der Waals surface area contributed by atoms with E-state index in [9.17, 15) is 4.39 Å². The van der Waals surface area contributed by atoms with Crippen LogP contribution in [0.4, 0.5) is 4.39 Å². The second-order valence-electron chi connectivity index (χ2n) is 22.0. The summed E-state index contributed by atoms with van der Waals surface area (Å²) in [5.74, 6) is -0.241. The molecule has 4 aromatic carbocycles. The van der Waals surface area contributed by atoms with Crippen LogP contribution in [-0.4, -0.2) is 112 Å². The molecule has 0 spiro atoms. The van der Waals surface area contributed by atoms with Crippen molar-refractivity contribution in [1.82, 2.24) is 64.4 Å². The molecule has 4 aliphatic heterocycles. The first kappa shape index (κ1) is 58.0. The predicted molar refractivity (Wildman–Crippen MR) is 341 cm³/mol. The van der Waals surface area contributed by atoms with Crippen LogP contribution in [0.3, 0.4) is 0 Å². The summed E-state index contributed by atoms with van der Waals surface area (Å²) in [4.78, 5) is 17.0. The Kier molecular flexibility index (Phi) is 18.0. The molecule has 0 aliphatic carbocycles. The van der Waals surface area contributed by atoms with Crippen LogP contribution < -0.4 is 5.32 Å². The molecule has 0 bridgehead atoms. The molecule has 0 amide bonds. The van der Waals surface area contributed by atoms with Crippen LogP contribution in [-0.2, 0) is 14.2 Å². The number of benzene rings is 4. The van der Waals surface area contributed by atoms with E-state index in [1.54, 1.807) is 18.3 Å². The number of rotatable bonds is 8. The van der Waals surface area contributed by atoms with Crippen molar-refractivity contribution in [2.75, 3.05) is 52.7 Å². The fraction of sp³-hybridized carbons (Fsp3) is 0.284. The Bertz CT molecular complexity index is 3920.